The topological polar surface area (TPSA) is 144 Å². The monoisotopic (exact) mass is 509 g/mol. The number of hydrogen-bond donors (Lipinski definition) is 2. The summed E-state index contributed by atoms with van der Waals surface area (Å²) >= 11 is 7.94. The van der Waals surface area contributed by atoms with Gasteiger partial charge in [0.05, 0.1) is 32.2 Å². The zero-order valence-electron chi connectivity index (χ0n) is 15.8. The second kappa shape index (κ2) is 8.78. The zero-order chi connectivity index (χ0) is 22.9. The van der Waals surface area contributed by atoms with E-state index < -0.39 is 20.9 Å². The summed E-state index contributed by atoms with van der Waals surface area (Å²) in [7, 11) is -3.84. The van der Waals surface area contributed by atoms with E-state index in [1.165, 1.54) is 42.5 Å². The highest BCUT2D eigenvalue weighted by Crippen LogP contribution is 2.29. The third kappa shape index (κ3) is 5.02. The largest absolute Gasteiger partial charge is 0.302 e. The van der Waals surface area contributed by atoms with Crippen molar-refractivity contribution in [2.24, 2.45) is 0 Å². The number of nitro groups is 1. The van der Waals surface area contributed by atoms with Gasteiger partial charge in [0.1, 0.15) is 0 Å². The molecule has 2 aromatic carbocycles. The number of carbonyl (C=O) groups excluding carboxylic acids is 1. The van der Waals surface area contributed by atoms with Gasteiger partial charge in [0.15, 0.2) is 10.3 Å². The fourth-order valence-electron chi connectivity index (χ4n) is 2.63. The average molecular weight is 510 g/mol. The number of halogens is 1. The van der Waals surface area contributed by atoms with Crippen LogP contribution in [0.1, 0.15) is 5.69 Å². The lowest BCUT2D eigenvalue weighted by Gasteiger charge is -2.05. The normalized spacial score (nSPS) is 11.4. The first-order valence-corrected chi connectivity index (χ1v) is 12.3. The minimum atomic E-state index is -3.84. The molecule has 164 valence electrons. The van der Waals surface area contributed by atoms with E-state index >= 15 is 0 Å². The Hall–Kier alpha value is -3.13. The van der Waals surface area contributed by atoms with Gasteiger partial charge in [-0.3, -0.25) is 19.6 Å². The van der Waals surface area contributed by atoms with Crippen molar-refractivity contribution in [1.29, 1.82) is 0 Å². The van der Waals surface area contributed by atoms with Crippen LogP contribution in [0.3, 0.4) is 0 Å². The number of anilines is 2. The van der Waals surface area contributed by atoms with E-state index in [4.69, 9.17) is 11.6 Å². The molecule has 2 N–H and O–H groups in total. The quantitative estimate of drug-likeness (QED) is 0.279. The van der Waals surface area contributed by atoms with Crippen LogP contribution in [-0.4, -0.2) is 29.2 Å². The maximum atomic E-state index is 12.4. The molecule has 2 heterocycles. The molecule has 0 aliphatic heterocycles. The molecule has 0 unspecified atom stereocenters. The minimum Gasteiger partial charge on any atom is -0.302 e. The summed E-state index contributed by atoms with van der Waals surface area (Å²) in [6.07, 6.45) is -0.102. The molecule has 32 heavy (non-hydrogen) atoms. The molecule has 14 heteroatoms. The molecule has 2 aromatic heterocycles. The van der Waals surface area contributed by atoms with Crippen LogP contribution in [0.15, 0.2) is 52.7 Å². The Labute approximate surface area is 194 Å². The number of sulfonamides is 1. The van der Waals surface area contributed by atoms with Crippen molar-refractivity contribution in [3.05, 3.63) is 68.7 Å². The number of thiazole rings is 2. The van der Waals surface area contributed by atoms with Crippen molar-refractivity contribution >= 4 is 76.4 Å². The predicted molar refractivity (Wildman–Crippen MR) is 123 cm³/mol. The number of rotatable bonds is 7. The summed E-state index contributed by atoms with van der Waals surface area (Å²) in [6, 6.07) is 9.93. The highest BCUT2D eigenvalue weighted by molar-refractivity contribution is 7.93. The number of nitrogens with zero attached hydrogens (tertiary/aromatic N) is 3. The number of benzene rings is 2. The first-order valence-electron chi connectivity index (χ1n) is 8.77. The molecule has 4 aromatic rings. The van der Waals surface area contributed by atoms with Crippen LogP contribution in [0, 0.1) is 10.1 Å². The third-order valence-electron chi connectivity index (χ3n) is 4.07. The molecular weight excluding hydrogens is 498 g/mol. The molecule has 0 radical (unpaired) electrons. The molecule has 10 nitrogen and oxygen atoms in total. The molecule has 0 saturated heterocycles. The molecule has 0 aliphatic carbocycles. The number of amides is 1. The Morgan fingerprint density at radius 1 is 1.12 bits per heavy atom. The number of non-ortho nitro benzene ring substituents is 1. The van der Waals surface area contributed by atoms with E-state index in [2.05, 4.69) is 20.0 Å². The molecular formula is C18H12ClN5O5S3. The van der Waals surface area contributed by atoms with Gasteiger partial charge in [0.2, 0.25) is 5.91 Å². The maximum Gasteiger partial charge on any atom is 0.270 e. The molecule has 0 fully saturated rings. The fraction of sp³-hybridized carbons (Fsp3) is 0.0556. The summed E-state index contributed by atoms with van der Waals surface area (Å²) in [5, 5.41) is 15.9. The first-order chi connectivity index (χ1) is 15.2. The SMILES string of the molecule is O=C(Cc1csc(NS(=O)(=O)c2ccc(Cl)cc2)n1)Nc1nc2ccc([N+](=O)[O-])cc2s1. The summed E-state index contributed by atoms with van der Waals surface area (Å²) in [5.74, 6) is -0.407. The fourth-order valence-corrected chi connectivity index (χ4v) is 5.64. The number of aromatic nitrogens is 2. The molecule has 0 saturated carbocycles. The van der Waals surface area contributed by atoms with E-state index in [0.717, 1.165) is 22.7 Å². The van der Waals surface area contributed by atoms with E-state index in [1.54, 1.807) is 5.38 Å². The molecule has 4 rings (SSSR count). The highest BCUT2D eigenvalue weighted by atomic mass is 35.5. The van der Waals surface area contributed by atoms with Crippen LogP contribution in [0.2, 0.25) is 5.02 Å². The lowest BCUT2D eigenvalue weighted by Crippen LogP contribution is -2.15. The number of hydrogen-bond acceptors (Lipinski definition) is 9. The van der Waals surface area contributed by atoms with Crippen LogP contribution in [0.4, 0.5) is 16.0 Å². The number of nitrogens with one attached hydrogen (secondary N) is 2. The molecule has 0 spiro atoms. The Kier molecular flexibility index (Phi) is 6.06. The van der Waals surface area contributed by atoms with Gasteiger partial charge in [-0.15, -0.1) is 11.3 Å². The lowest BCUT2D eigenvalue weighted by molar-refractivity contribution is -0.384. The third-order valence-corrected chi connectivity index (χ3v) is 7.54. The smallest absolute Gasteiger partial charge is 0.270 e. The van der Waals surface area contributed by atoms with Gasteiger partial charge < -0.3 is 5.32 Å². The van der Waals surface area contributed by atoms with Crippen molar-refractivity contribution < 1.29 is 18.1 Å². The standard InChI is InChI=1S/C18H12ClN5O5S3/c19-10-1-4-13(5-2-10)32(28,29)23-18-20-11(9-30-18)7-16(25)22-17-21-14-6-3-12(24(26)27)8-15(14)31-17/h1-6,8-9H,7H2,(H,20,23)(H,21,22,25). The zero-order valence-corrected chi connectivity index (χ0v) is 19.0. The van der Waals surface area contributed by atoms with Crippen molar-refractivity contribution in [3.63, 3.8) is 0 Å². The highest BCUT2D eigenvalue weighted by Gasteiger charge is 2.17. The summed E-state index contributed by atoms with van der Waals surface area (Å²) in [5.41, 5.74) is 0.844. The van der Waals surface area contributed by atoms with Crippen LogP contribution >= 0.6 is 34.3 Å². The van der Waals surface area contributed by atoms with Crippen molar-refractivity contribution in [1.82, 2.24) is 9.97 Å². The van der Waals surface area contributed by atoms with Crippen molar-refractivity contribution in [3.8, 4) is 0 Å². The Morgan fingerprint density at radius 3 is 2.59 bits per heavy atom. The van der Waals surface area contributed by atoms with Gasteiger partial charge in [-0.25, -0.2) is 18.4 Å². The van der Waals surface area contributed by atoms with Crippen LogP contribution < -0.4 is 10.0 Å². The second-order valence-electron chi connectivity index (χ2n) is 6.36. The molecule has 0 aliphatic rings. The Balaban J connectivity index is 1.41. The van der Waals surface area contributed by atoms with E-state index in [1.807, 2.05) is 0 Å². The first kappa shape index (κ1) is 22.1. The van der Waals surface area contributed by atoms with E-state index in [-0.39, 0.29) is 22.1 Å². The summed E-state index contributed by atoms with van der Waals surface area (Å²) in [4.78, 5) is 31.1. The van der Waals surface area contributed by atoms with Gasteiger partial charge in [0.25, 0.3) is 15.7 Å². The molecule has 0 bridgehead atoms. The minimum absolute atomic E-state index is 0.0347. The average Bonchev–Trinajstić information content (AvgIpc) is 3.32. The van der Waals surface area contributed by atoms with Crippen molar-refractivity contribution in [2.45, 2.75) is 11.3 Å². The predicted octanol–water partition coefficient (Wildman–Crippen LogP) is 4.30. The number of fused-ring (bicyclic) bond motifs is 1. The van der Waals surface area contributed by atoms with Crippen LogP contribution in [0.5, 0.6) is 0 Å². The van der Waals surface area contributed by atoms with Gasteiger partial charge in [-0.1, -0.05) is 22.9 Å². The molecule has 0 atom stereocenters. The van der Waals surface area contributed by atoms with Gasteiger partial charge in [-0.05, 0) is 30.3 Å². The summed E-state index contributed by atoms with van der Waals surface area (Å²) in [6.45, 7) is 0. The van der Waals surface area contributed by atoms with Gasteiger partial charge >= 0.3 is 0 Å². The number of carbonyl (C=O) groups is 1. The van der Waals surface area contributed by atoms with Crippen LogP contribution in [-0.2, 0) is 21.2 Å². The Morgan fingerprint density at radius 2 is 1.88 bits per heavy atom. The van der Waals surface area contributed by atoms with E-state index in [9.17, 15) is 23.3 Å². The van der Waals surface area contributed by atoms with Gasteiger partial charge in [0, 0.05) is 22.5 Å². The lowest BCUT2D eigenvalue weighted by atomic mass is 10.3. The second-order valence-corrected chi connectivity index (χ2v) is 10.4. The molecule has 1 amide bonds. The summed E-state index contributed by atoms with van der Waals surface area (Å²) < 4.78 is 27.8. The maximum absolute atomic E-state index is 12.4. The van der Waals surface area contributed by atoms with Gasteiger partial charge in [-0.2, -0.15) is 0 Å². The van der Waals surface area contributed by atoms with E-state index in [0.29, 0.717) is 26.1 Å². The van der Waals surface area contributed by atoms with Crippen LogP contribution in [0.25, 0.3) is 10.2 Å². The van der Waals surface area contributed by atoms with Crippen molar-refractivity contribution in [2.75, 3.05) is 10.0 Å². The Bertz CT molecular complexity index is 1430. The number of nitro benzene ring substituents is 1.